The summed E-state index contributed by atoms with van der Waals surface area (Å²) in [4.78, 5) is 12.8. The van der Waals surface area contributed by atoms with Crippen LogP contribution in [0.4, 0.5) is 0 Å². The molecule has 8 nitrogen and oxygen atoms in total. The summed E-state index contributed by atoms with van der Waals surface area (Å²) in [5.74, 6) is 1.79. The summed E-state index contributed by atoms with van der Waals surface area (Å²) < 4.78 is 29.0. The van der Waals surface area contributed by atoms with Crippen LogP contribution >= 0.6 is 0 Å². The summed E-state index contributed by atoms with van der Waals surface area (Å²) >= 11 is 0. The number of esters is 1. The smallest absolute Gasteiger partial charge is 0.352 e. The topological polar surface area (TPSA) is 113 Å². The number of fused-ring (bicyclic) bond motifs is 1. The van der Waals surface area contributed by atoms with Crippen molar-refractivity contribution in [2.24, 2.45) is 5.73 Å². The SMILES string of the molecule is CCCCOc1ccc(C2C(C#N)=C(N)Oc3cc(OC(=O)C(C)Oc4ccc(C(C)C)cc4)ccc32)cc1OCC. The fraction of sp³-hybridized carbons (Fsp3) is 0.353. The maximum absolute atomic E-state index is 12.8. The van der Waals surface area contributed by atoms with Crippen molar-refractivity contribution < 1.29 is 28.5 Å². The van der Waals surface area contributed by atoms with Crippen molar-refractivity contribution in [2.45, 2.75) is 65.4 Å². The highest BCUT2D eigenvalue weighted by Gasteiger charge is 2.32. The van der Waals surface area contributed by atoms with Crippen molar-refractivity contribution in [3.63, 3.8) is 0 Å². The minimum atomic E-state index is -0.843. The van der Waals surface area contributed by atoms with Crippen LogP contribution in [0.15, 0.2) is 72.1 Å². The van der Waals surface area contributed by atoms with Crippen LogP contribution in [0.5, 0.6) is 28.7 Å². The average Bonchev–Trinajstić information content (AvgIpc) is 2.97. The molecule has 0 aromatic heterocycles. The van der Waals surface area contributed by atoms with Gasteiger partial charge in [0.25, 0.3) is 0 Å². The average molecular weight is 571 g/mol. The fourth-order valence-electron chi connectivity index (χ4n) is 4.64. The first-order chi connectivity index (χ1) is 20.2. The Kier molecular flexibility index (Phi) is 9.98. The van der Waals surface area contributed by atoms with E-state index in [1.165, 1.54) is 5.56 Å². The molecule has 3 aromatic rings. The molecule has 3 aromatic carbocycles. The van der Waals surface area contributed by atoms with E-state index >= 15 is 0 Å². The third-order valence-corrected chi connectivity index (χ3v) is 6.96. The minimum absolute atomic E-state index is 0.0127. The predicted molar refractivity (Wildman–Crippen MR) is 160 cm³/mol. The van der Waals surface area contributed by atoms with Gasteiger partial charge >= 0.3 is 5.97 Å². The van der Waals surface area contributed by atoms with Crippen LogP contribution < -0.4 is 29.4 Å². The molecular formula is C34H38N2O6. The minimum Gasteiger partial charge on any atom is -0.490 e. The first kappa shape index (κ1) is 30.3. The lowest BCUT2D eigenvalue weighted by molar-refractivity contribution is -0.141. The van der Waals surface area contributed by atoms with Gasteiger partial charge in [0.2, 0.25) is 5.88 Å². The second-order valence-corrected chi connectivity index (χ2v) is 10.4. The molecule has 1 heterocycles. The predicted octanol–water partition coefficient (Wildman–Crippen LogP) is 6.98. The standard InChI is InChI=1S/C34H38N2O6/c1-6-8-17-39-29-16-11-24(18-31(29)38-7-2)32-27-15-14-26(19-30(27)42-33(36)28(32)20-35)41-34(37)22(5)40-25-12-9-23(10-13-25)21(3)4/h9-16,18-19,21-22,32H,6-8,17,36H2,1-5H3. The molecule has 0 saturated heterocycles. The first-order valence-corrected chi connectivity index (χ1v) is 14.3. The number of rotatable bonds is 12. The number of carbonyl (C=O) groups is 1. The van der Waals surface area contributed by atoms with Crippen molar-refractivity contribution in [1.82, 2.24) is 0 Å². The highest BCUT2D eigenvalue weighted by molar-refractivity contribution is 5.77. The molecule has 220 valence electrons. The second-order valence-electron chi connectivity index (χ2n) is 10.4. The van der Waals surface area contributed by atoms with Crippen LogP contribution in [0.1, 0.15) is 76.0 Å². The van der Waals surface area contributed by atoms with E-state index in [4.69, 9.17) is 29.4 Å². The van der Waals surface area contributed by atoms with Crippen LogP contribution in [0, 0.1) is 11.3 Å². The highest BCUT2D eigenvalue weighted by atomic mass is 16.6. The van der Waals surface area contributed by atoms with Gasteiger partial charge in [0.15, 0.2) is 17.6 Å². The van der Waals surface area contributed by atoms with Gasteiger partial charge in [0.1, 0.15) is 28.9 Å². The maximum Gasteiger partial charge on any atom is 0.352 e. The fourth-order valence-corrected chi connectivity index (χ4v) is 4.64. The van der Waals surface area contributed by atoms with Crippen LogP contribution in [0.2, 0.25) is 0 Å². The zero-order valence-corrected chi connectivity index (χ0v) is 24.8. The van der Waals surface area contributed by atoms with Crippen LogP contribution in [0.3, 0.4) is 0 Å². The summed E-state index contributed by atoms with van der Waals surface area (Å²) in [5, 5.41) is 9.98. The zero-order chi connectivity index (χ0) is 30.2. The number of allylic oxidation sites excluding steroid dienone is 1. The van der Waals surface area contributed by atoms with Gasteiger partial charge in [-0.1, -0.05) is 51.5 Å². The van der Waals surface area contributed by atoms with Gasteiger partial charge in [-0.3, -0.25) is 0 Å². The lowest BCUT2D eigenvalue weighted by Crippen LogP contribution is -2.28. The second kappa shape index (κ2) is 13.8. The van der Waals surface area contributed by atoms with Crippen molar-refractivity contribution in [2.75, 3.05) is 13.2 Å². The number of ether oxygens (including phenoxy) is 5. The molecule has 2 N–H and O–H groups in total. The Labute approximate surface area is 247 Å². The molecule has 2 unspecified atom stereocenters. The van der Waals surface area contributed by atoms with Crippen LogP contribution in [-0.4, -0.2) is 25.3 Å². The number of nitrogens with two attached hydrogens (primary N) is 1. The summed E-state index contributed by atoms with van der Waals surface area (Å²) in [6.07, 6.45) is 1.11. The first-order valence-electron chi connectivity index (χ1n) is 14.3. The molecule has 0 radical (unpaired) electrons. The van der Waals surface area contributed by atoms with E-state index in [0.29, 0.717) is 47.7 Å². The molecule has 0 saturated carbocycles. The van der Waals surface area contributed by atoms with Crippen molar-refractivity contribution in [1.29, 1.82) is 5.26 Å². The number of hydrogen-bond donors (Lipinski definition) is 1. The molecule has 0 bridgehead atoms. The largest absolute Gasteiger partial charge is 0.490 e. The van der Waals surface area contributed by atoms with Crippen molar-refractivity contribution in [3.05, 3.63) is 88.8 Å². The Morgan fingerprint density at radius 2 is 1.71 bits per heavy atom. The number of benzene rings is 3. The van der Waals surface area contributed by atoms with Crippen molar-refractivity contribution in [3.8, 4) is 34.8 Å². The molecule has 2 atom stereocenters. The third-order valence-electron chi connectivity index (χ3n) is 6.96. The summed E-state index contributed by atoms with van der Waals surface area (Å²) in [5.41, 5.74) is 9.16. The molecule has 42 heavy (non-hydrogen) atoms. The van der Waals surface area contributed by atoms with E-state index < -0.39 is 18.0 Å². The number of nitriles is 1. The zero-order valence-electron chi connectivity index (χ0n) is 24.8. The molecule has 1 aliphatic rings. The Morgan fingerprint density at radius 1 is 0.976 bits per heavy atom. The molecule has 8 heteroatoms. The summed E-state index contributed by atoms with van der Waals surface area (Å²) in [6.45, 7) is 10.9. The van der Waals surface area contributed by atoms with Gasteiger partial charge in [-0.2, -0.15) is 5.26 Å². The molecular weight excluding hydrogens is 532 g/mol. The molecule has 0 amide bonds. The van der Waals surface area contributed by atoms with E-state index in [1.54, 1.807) is 25.1 Å². The van der Waals surface area contributed by atoms with Gasteiger partial charge in [-0.05, 0) is 67.6 Å². The van der Waals surface area contributed by atoms with E-state index in [1.807, 2.05) is 49.4 Å². The number of carbonyl (C=O) groups excluding carboxylic acids is 1. The normalized spacial score (nSPS) is 14.8. The van der Waals surface area contributed by atoms with E-state index in [2.05, 4.69) is 26.8 Å². The Hall–Kier alpha value is -4.64. The van der Waals surface area contributed by atoms with E-state index in [0.717, 1.165) is 18.4 Å². The van der Waals surface area contributed by atoms with E-state index in [-0.39, 0.29) is 17.2 Å². The molecule has 4 rings (SSSR count). The number of hydrogen-bond acceptors (Lipinski definition) is 8. The van der Waals surface area contributed by atoms with Gasteiger partial charge in [-0.25, -0.2) is 4.79 Å². The van der Waals surface area contributed by atoms with E-state index in [9.17, 15) is 10.1 Å². The molecule has 0 spiro atoms. The van der Waals surface area contributed by atoms with Gasteiger partial charge in [-0.15, -0.1) is 0 Å². The summed E-state index contributed by atoms with van der Waals surface area (Å²) in [7, 11) is 0. The Balaban J connectivity index is 1.56. The maximum atomic E-state index is 12.8. The van der Waals surface area contributed by atoms with Crippen LogP contribution in [0.25, 0.3) is 0 Å². The quantitative estimate of drug-likeness (QED) is 0.141. The van der Waals surface area contributed by atoms with Crippen molar-refractivity contribution >= 4 is 5.97 Å². The Morgan fingerprint density at radius 3 is 2.38 bits per heavy atom. The monoisotopic (exact) mass is 570 g/mol. The molecule has 1 aliphatic heterocycles. The molecule has 0 aliphatic carbocycles. The van der Waals surface area contributed by atoms with Crippen LogP contribution in [-0.2, 0) is 4.79 Å². The lowest BCUT2D eigenvalue weighted by Gasteiger charge is -2.27. The number of nitrogens with zero attached hydrogens (tertiary/aromatic N) is 1. The van der Waals surface area contributed by atoms with Gasteiger partial charge < -0.3 is 29.4 Å². The lowest BCUT2D eigenvalue weighted by atomic mass is 9.83. The Bertz CT molecular complexity index is 1470. The van der Waals surface area contributed by atoms with Gasteiger partial charge in [0, 0.05) is 11.6 Å². The summed E-state index contributed by atoms with van der Waals surface area (Å²) in [6, 6.07) is 20.5. The highest BCUT2D eigenvalue weighted by Crippen LogP contribution is 2.45. The van der Waals surface area contributed by atoms with Gasteiger partial charge in [0.05, 0.1) is 19.1 Å². The number of unbranched alkanes of at least 4 members (excludes halogenated alkanes) is 1. The molecule has 0 fully saturated rings. The third kappa shape index (κ3) is 6.98.